The Balaban J connectivity index is 2.14. The molecule has 0 saturated heterocycles. The molecule has 0 heterocycles. The minimum Gasteiger partial charge on any atom is -0.481 e. The van der Waals surface area contributed by atoms with Gasteiger partial charge in [0.1, 0.15) is 0 Å². The van der Waals surface area contributed by atoms with Crippen LogP contribution in [0.3, 0.4) is 0 Å². The summed E-state index contributed by atoms with van der Waals surface area (Å²) in [4.78, 5) is 12.4. The molecule has 4 nitrogen and oxygen atoms in total. The van der Waals surface area contributed by atoms with E-state index in [-0.39, 0.29) is 6.42 Å². The summed E-state index contributed by atoms with van der Waals surface area (Å²) in [7, 11) is 0. The topological polar surface area (TPSA) is 87.1 Å². The molecule has 0 aliphatic rings. The van der Waals surface area contributed by atoms with Crippen molar-refractivity contribution in [1.82, 2.24) is 0 Å². The molecular formula is C15H12N2O2S. The van der Waals surface area contributed by atoms with Crippen molar-refractivity contribution in [1.29, 1.82) is 5.26 Å². The summed E-state index contributed by atoms with van der Waals surface area (Å²) < 4.78 is 0. The van der Waals surface area contributed by atoms with Gasteiger partial charge in [-0.25, -0.2) is 0 Å². The standard InChI is InChI=1S/C15H12N2O2S/c16-9-11-3-6-14(13(17)7-11)20-12-4-1-10(2-5-12)8-15(18)19/h1-7H,8,17H2,(H,18,19). The van der Waals surface area contributed by atoms with Gasteiger partial charge >= 0.3 is 5.97 Å². The van der Waals surface area contributed by atoms with Crippen LogP contribution >= 0.6 is 11.8 Å². The Hall–Kier alpha value is -2.45. The molecule has 0 fully saturated rings. The lowest BCUT2D eigenvalue weighted by molar-refractivity contribution is -0.136. The number of carboxylic acid groups (broad SMARTS) is 1. The highest BCUT2D eigenvalue weighted by Crippen LogP contribution is 2.32. The normalized spacial score (nSPS) is 9.95. The van der Waals surface area contributed by atoms with Crippen molar-refractivity contribution in [2.24, 2.45) is 0 Å². The fourth-order valence-corrected chi connectivity index (χ4v) is 2.53. The highest BCUT2D eigenvalue weighted by molar-refractivity contribution is 7.99. The molecule has 0 aliphatic carbocycles. The molecule has 0 spiro atoms. The van der Waals surface area contributed by atoms with E-state index < -0.39 is 5.97 Å². The first-order valence-electron chi connectivity index (χ1n) is 5.86. The molecule has 0 aromatic heterocycles. The van der Waals surface area contributed by atoms with Crippen molar-refractivity contribution in [3.8, 4) is 6.07 Å². The lowest BCUT2D eigenvalue weighted by Crippen LogP contribution is -1.99. The molecule has 0 unspecified atom stereocenters. The zero-order valence-corrected chi connectivity index (χ0v) is 11.4. The van der Waals surface area contributed by atoms with Crippen LogP contribution in [0.4, 0.5) is 5.69 Å². The van der Waals surface area contributed by atoms with Gasteiger partial charge in [-0.2, -0.15) is 5.26 Å². The smallest absolute Gasteiger partial charge is 0.307 e. The molecule has 0 amide bonds. The molecule has 5 heteroatoms. The zero-order chi connectivity index (χ0) is 14.5. The second kappa shape index (κ2) is 6.13. The van der Waals surface area contributed by atoms with Gasteiger partial charge in [-0.15, -0.1) is 0 Å². The van der Waals surface area contributed by atoms with Crippen LogP contribution in [-0.4, -0.2) is 11.1 Å². The Morgan fingerprint density at radius 3 is 2.50 bits per heavy atom. The van der Waals surface area contributed by atoms with E-state index in [4.69, 9.17) is 16.1 Å². The van der Waals surface area contributed by atoms with Gasteiger partial charge in [-0.1, -0.05) is 23.9 Å². The summed E-state index contributed by atoms with van der Waals surface area (Å²) in [5.74, 6) is -0.846. The summed E-state index contributed by atoms with van der Waals surface area (Å²) in [6.07, 6.45) is 0.0178. The van der Waals surface area contributed by atoms with Gasteiger partial charge < -0.3 is 10.8 Å². The first kappa shape index (κ1) is 14.0. The third-order valence-corrected chi connectivity index (χ3v) is 3.74. The van der Waals surface area contributed by atoms with Crippen molar-refractivity contribution in [3.05, 3.63) is 53.6 Å². The number of nitrogen functional groups attached to an aromatic ring is 1. The van der Waals surface area contributed by atoms with Crippen LogP contribution in [0.5, 0.6) is 0 Å². The predicted molar refractivity (Wildman–Crippen MR) is 77.5 cm³/mol. The highest BCUT2D eigenvalue weighted by atomic mass is 32.2. The first-order valence-corrected chi connectivity index (χ1v) is 6.68. The van der Waals surface area contributed by atoms with Crippen LogP contribution in [0.15, 0.2) is 52.3 Å². The maximum Gasteiger partial charge on any atom is 0.307 e. The van der Waals surface area contributed by atoms with Crippen LogP contribution in [0.1, 0.15) is 11.1 Å². The average molecular weight is 284 g/mol. The lowest BCUT2D eigenvalue weighted by atomic mass is 10.2. The quantitative estimate of drug-likeness (QED) is 0.843. The van der Waals surface area contributed by atoms with Crippen molar-refractivity contribution in [3.63, 3.8) is 0 Å². The predicted octanol–water partition coefficient (Wildman–Crippen LogP) is 2.92. The van der Waals surface area contributed by atoms with Crippen LogP contribution in [0.2, 0.25) is 0 Å². The van der Waals surface area contributed by atoms with E-state index in [9.17, 15) is 4.79 Å². The van der Waals surface area contributed by atoms with Gasteiger partial charge in [-0.05, 0) is 35.9 Å². The maximum absolute atomic E-state index is 10.6. The lowest BCUT2D eigenvalue weighted by Gasteiger charge is -2.06. The van der Waals surface area contributed by atoms with Gasteiger partial charge in [0.05, 0.1) is 18.1 Å². The van der Waals surface area contributed by atoms with Crippen molar-refractivity contribution in [2.75, 3.05) is 5.73 Å². The number of carbonyl (C=O) groups is 1. The Bertz CT molecular complexity index is 675. The van der Waals surface area contributed by atoms with E-state index in [2.05, 4.69) is 0 Å². The van der Waals surface area contributed by atoms with Crippen molar-refractivity contribution < 1.29 is 9.90 Å². The number of benzene rings is 2. The number of hydrogen-bond acceptors (Lipinski definition) is 4. The van der Waals surface area contributed by atoms with Gasteiger partial charge in [-0.3, -0.25) is 4.79 Å². The SMILES string of the molecule is N#Cc1ccc(Sc2ccc(CC(=O)O)cc2)c(N)c1. The first-order chi connectivity index (χ1) is 9.58. The fourth-order valence-electron chi connectivity index (χ4n) is 1.69. The van der Waals surface area contributed by atoms with E-state index in [1.807, 2.05) is 24.3 Å². The number of aliphatic carboxylic acids is 1. The second-order valence-electron chi connectivity index (χ2n) is 4.18. The number of carboxylic acids is 1. The van der Waals surface area contributed by atoms with Gasteiger partial charge in [0.2, 0.25) is 0 Å². The Labute approximate surface area is 120 Å². The molecule has 3 N–H and O–H groups in total. The largest absolute Gasteiger partial charge is 0.481 e. The molecule has 0 radical (unpaired) electrons. The third-order valence-electron chi connectivity index (χ3n) is 2.65. The van der Waals surface area contributed by atoms with E-state index in [1.165, 1.54) is 11.8 Å². The van der Waals surface area contributed by atoms with Crippen LogP contribution in [0.25, 0.3) is 0 Å². The third kappa shape index (κ3) is 3.53. The van der Waals surface area contributed by atoms with Crippen LogP contribution in [-0.2, 0) is 11.2 Å². The fraction of sp³-hybridized carbons (Fsp3) is 0.0667. The van der Waals surface area contributed by atoms with E-state index >= 15 is 0 Å². The van der Waals surface area contributed by atoms with E-state index in [1.54, 1.807) is 24.3 Å². The summed E-state index contributed by atoms with van der Waals surface area (Å²) in [6, 6.07) is 14.5. The Morgan fingerprint density at radius 2 is 1.95 bits per heavy atom. The van der Waals surface area contributed by atoms with Gasteiger partial charge in [0, 0.05) is 15.5 Å². The van der Waals surface area contributed by atoms with Crippen LogP contribution < -0.4 is 5.73 Å². The molecule has 2 aromatic carbocycles. The number of nitrogens with two attached hydrogens (primary N) is 1. The van der Waals surface area contributed by atoms with E-state index in [0.29, 0.717) is 11.3 Å². The summed E-state index contributed by atoms with van der Waals surface area (Å²) in [6.45, 7) is 0. The average Bonchev–Trinajstić information content (AvgIpc) is 2.42. The number of nitrogens with zero attached hydrogens (tertiary/aromatic N) is 1. The summed E-state index contributed by atoms with van der Waals surface area (Å²) in [5.41, 5.74) is 7.74. The van der Waals surface area contributed by atoms with Gasteiger partial charge in [0.15, 0.2) is 0 Å². The molecule has 0 saturated carbocycles. The van der Waals surface area contributed by atoms with Gasteiger partial charge in [0.25, 0.3) is 0 Å². The Morgan fingerprint density at radius 1 is 1.25 bits per heavy atom. The second-order valence-corrected chi connectivity index (χ2v) is 5.30. The molecule has 0 aliphatic heterocycles. The molecule has 2 rings (SSSR count). The molecule has 20 heavy (non-hydrogen) atoms. The monoisotopic (exact) mass is 284 g/mol. The molecule has 100 valence electrons. The molecule has 2 aromatic rings. The highest BCUT2D eigenvalue weighted by Gasteiger charge is 2.05. The summed E-state index contributed by atoms with van der Waals surface area (Å²) >= 11 is 1.48. The summed E-state index contributed by atoms with van der Waals surface area (Å²) in [5, 5.41) is 17.5. The van der Waals surface area contributed by atoms with Crippen LogP contribution in [0, 0.1) is 11.3 Å². The van der Waals surface area contributed by atoms with Crippen molar-refractivity contribution in [2.45, 2.75) is 16.2 Å². The minimum absolute atomic E-state index is 0.0178. The molecular weight excluding hydrogens is 272 g/mol. The van der Waals surface area contributed by atoms with E-state index in [0.717, 1.165) is 15.4 Å². The number of hydrogen-bond donors (Lipinski definition) is 2. The Kier molecular flexibility index (Phi) is 4.28. The molecule has 0 atom stereocenters. The van der Waals surface area contributed by atoms with Crippen molar-refractivity contribution >= 4 is 23.4 Å². The zero-order valence-electron chi connectivity index (χ0n) is 10.5. The molecule has 0 bridgehead atoms. The minimum atomic E-state index is -0.846. The number of rotatable bonds is 4. The number of nitriles is 1. The maximum atomic E-state index is 10.6. The number of anilines is 1.